The fourth-order valence-electron chi connectivity index (χ4n) is 4.18. The molecule has 1 fully saturated rings. The van der Waals surface area contributed by atoms with Crippen LogP contribution < -0.4 is 9.64 Å². The number of aldehydes is 1. The van der Waals surface area contributed by atoms with Crippen LogP contribution in [-0.2, 0) is 9.53 Å². The number of benzene rings is 2. The molecule has 0 aliphatic carbocycles. The summed E-state index contributed by atoms with van der Waals surface area (Å²) in [5, 5.41) is 8.05. The van der Waals surface area contributed by atoms with Crippen LogP contribution in [0.15, 0.2) is 48.8 Å². The van der Waals surface area contributed by atoms with Crippen molar-refractivity contribution in [2.45, 2.75) is 5.92 Å². The molecule has 2 aromatic carbocycles. The van der Waals surface area contributed by atoms with Crippen LogP contribution in [0.3, 0.4) is 0 Å². The third-order valence-corrected chi connectivity index (χ3v) is 5.98. The van der Waals surface area contributed by atoms with E-state index >= 15 is 8.78 Å². The molecule has 0 spiro atoms. The number of hydrogen-bond acceptors (Lipinski definition) is 8. The Bertz CT molecular complexity index is 1380. The van der Waals surface area contributed by atoms with Crippen LogP contribution in [0.25, 0.3) is 22.2 Å². The minimum absolute atomic E-state index is 0.0567. The van der Waals surface area contributed by atoms with E-state index in [1.165, 1.54) is 37.7 Å². The molecule has 0 saturated carbocycles. The molecule has 178 valence electrons. The minimum atomic E-state index is -0.807. The molecule has 1 saturated heterocycles. The first kappa shape index (κ1) is 22.7. The standard InChI is InChI=1S/C25H21F2N5O3/c1-34-23-5-4-21(30-31-23)18(13-33)15-2-3-19(26)17(10-15)25-24-20(27)11-16(12-22(24)28-14-29-25)32-6-8-35-9-7-32/h2-5,10-14,18H,6-9H2,1H3. The van der Waals surface area contributed by atoms with Gasteiger partial charge in [0.05, 0.1) is 48.5 Å². The Morgan fingerprint density at radius 1 is 1.03 bits per heavy atom. The molecular weight excluding hydrogens is 456 g/mol. The van der Waals surface area contributed by atoms with Gasteiger partial charge in [0.25, 0.3) is 0 Å². The molecule has 1 atom stereocenters. The molecule has 10 heteroatoms. The van der Waals surface area contributed by atoms with Gasteiger partial charge in [-0.15, -0.1) is 5.10 Å². The number of carbonyl (C=O) groups is 1. The van der Waals surface area contributed by atoms with Crippen molar-refractivity contribution in [3.05, 3.63) is 71.7 Å². The molecule has 1 unspecified atom stereocenters. The van der Waals surface area contributed by atoms with E-state index in [0.717, 1.165) is 0 Å². The average molecular weight is 477 g/mol. The number of carbonyl (C=O) groups excluding carboxylic acids is 1. The Labute approximate surface area is 199 Å². The zero-order chi connectivity index (χ0) is 24.4. The molecule has 0 radical (unpaired) electrons. The highest BCUT2D eigenvalue weighted by atomic mass is 19.1. The van der Waals surface area contributed by atoms with Crippen molar-refractivity contribution < 1.29 is 23.0 Å². The van der Waals surface area contributed by atoms with Crippen molar-refractivity contribution in [2.24, 2.45) is 0 Å². The van der Waals surface area contributed by atoms with Gasteiger partial charge in [-0.1, -0.05) is 6.07 Å². The summed E-state index contributed by atoms with van der Waals surface area (Å²) in [4.78, 5) is 22.4. The smallest absolute Gasteiger partial charge is 0.233 e. The predicted octanol–water partition coefficient (Wildman–Crippen LogP) is 3.54. The van der Waals surface area contributed by atoms with Gasteiger partial charge < -0.3 is 19.2 Å². The molecule has 5 rings (SSSR count). The van der Waals surface area contributed by atoms with E-state index in [0.29, 0.717) is 60.9 Å². The van der Waals surface area contributed by atoms with Crippen LogP contribution in [-0.4, -0.2) is 59.9 Å². The maximum atomic E-state index is 15.4. The second-order valence-electron chi connectivity index (χ2n) is 8.00. The lowest BCUT2D eigenvalue weighted by Crippen LogP contribution is -2.36. The normalized spacial score (nSPS) is 14.7. The van der Waals surface area contributed by atoms with Gasteiger partial charge in [-0.3, -0.25) is 0 Å². The molecule has 1 aliphatic heterocycles. The van der Waals surface area contributed by atoms with Crippen LogP contribution in [0.5, 0.6) is 5.88 Å². The largest absolute Gasteiger partial charge is 0.480 e. The Hall–Kier alpha value is -4.05. The van der Waals surface area contributed by atoms with E-state index in [1.807, 2.05) is 4.90 Å². The van der Waals surface area contributed by atoms with E-state index in [1.54, 1.807) is 18.2 Å². The number of ether oxygens (including phenoxy) is 2. The highest BCUT2D eigenvalue weighted by Gasteiger charge is 2.22. The van der Waals surface area contributed by atoms with E-state index in [4.69, 9.17) is 9.47 Å². The van der Waals surface area contributed by atoms with Gasteiger partial charge in [-0.2, -0.15) is 5.10 Å². The summed E-state index contributed by atoms with van der Waals surface area (Å²) in [6.45, 7) is 2.40. The Morgan fingerprint density at radius 2 is 1.86 bits per heavy atom. The Kier molecular flexibility index (Phi) is 6.28. The number of rotatable bonds is 6. The van der Waals surface area contributed by atoms with E-state index < -0.39 is 17.6 Å². The van der Waals surface area contributed by atoms with Gasteiger partial charge in [0.15, 0.2) is 0 Å². The maximum absolute atomic E-state index is 15.4. The van der Waals surface area contributed by atoms with Crippen molar-refractivity contribution >= 4 is 22.9 Å². The quantitative estimate of drug-likeness (QED) is 0.390. The predicted molar refractivity (Wildman–Crippen MR) is 124 cm³/mol. The van der Waals surface area contributed by atoms with E-state index in [9.17, 15) is 4.79 Å². The number of aromatic nitrogens is 4. The van der Waals surface area contributed by atoms with Gasteiger partial charge in [-0.05, 0) is 35.9 Å². The first-order valence-corrected chi connectivity index (χ1v) is 11.0. The molecule has 8 nitrogen and oxygen atoms in total. The van der Waals surface area contributed by atoms with Crippen molar-refractivity contribution in [3.8, 4) is 17.1 Å². The molecule has 2 aromatic heterocycles. The summed E-state index contributed by atoms with van der Waals surface area (Å²) < 4.78 is 40.8. The molecule has 4 aromatic rings. The van der Waals surface area contributed by atoms with Crippen LogP contribution in [0.1, 0.15) is 17.2 Å². The Morgan fingerprint density at radius 3 is 2.57 bits per heavy atom. The third-order valence-electron chi connectivity index (χ3n) is 5.98. The first-order chi connectivity index (χ1) is 17.1. The van der Waals surface area contributed by atoms with Crippen molar-refractivity contribution in [1.82, 2.24) is 20.2 Å². The fourth-order valence-corrected chi connectivity index (χ4v) is 4.18. The van der Waals surface area contributed by atoms with Crippen molar-refractivity contribution in [1.29, 1.82) is 0 Å². The number of anilines is 1. The lowest BCUT2D eigenvalue weighted by Gasteiger charge is -2.29. The van der Waals surface area contributed by atoms with E-state index in [-0.39, 0.29) is 16.6 Å². The second-order valence-corrected chi connectivity index (χ2v) is 8.00. The number of nitrogens with zero attached hydrogens (tertiary/aromatic N) is 5. The summed E-state index contributed by atoms with van der Waals surface area (Å²) in [5.41, 5.74) is 2.03. The lowest BCUT2D eigenvalue weighted by atomic mass is 9.93. The van der Waals surface area contributed by atoms with Crippen molar-refractivity contribution in [2.75, 3.05) is 38.3 Å². The molecule has 3 heterocycles. The molecular formula is C25H21F2N5O3. The molecule has 0 amide bonds. The highest BCUT2D eigenvalue weighted by Crippen LogP contribution is 2.34. The monoisotopic (exact) mass is 477 g/mol. The van der Waals surface area contributed by atoms with Gasteiger partial charge in [0, 0.05) is 30.4 Å². The molecule has 35 heavy (non-hydrogen) atoms. The molecule has 0 N–H and O–H groups in total. The molecule has 0 bridgehead atoms. The highest BCUT2D eigenvalue weighted by molar-refractivity contribution is 5.94. The van der Waals surface area contributed by atoms with Gasteiger partial charge >= 0.3 is 0 Å². The molecule has 1 aliphatic rings. The lowest BCUT2D eigenvalue weighted by molar-refractivity contribution is -0.108. The third kappa shape index (κ3) is 4.40. The number of morpholine rings is 1. The summed E-state index contributed by atoms with van der Waals surface area (Å²) in [6.07, 6.45) is 1.97. The van der Waals surface area contributed by atoms with Gasteiger partial charge in [0.1, 0.15) is 24.2 Å². The van der Waals surface area contributed by atoms with Crippen LogP contribution in [0.4, 0.5) is 14.5 Å². The number of halogens is 2. The first-order valence-electron chi connectivity index (χ1n) is 11.0. The summed E-state index contributed by atoms with van der Waals surface area (Å²) in [5.74, 6) is -1.66. The van der Waals surface area contributed by atoms with E-state index in [2.05, 4.69) is 20.2 Å². The van der Waals surface area contributed by atoms with Crippen molar-refractivity contribution in [3.63, 3.8) is 0 Å². The summed E-state index contributed by atoms with van der Waals surface area (Å²) in [6, 6.07) is 10.6. The van der Waals surface area contributed by atoms with Gasteiger partial charge in [-0.25, -0.2) is 18.7 Å². The van der Waals surface area contributed by atoms with Crippen LogP contribution in [0, 0.1) is 11.6 Å². The SMILES string of the molecule is COc1ccc(C(C=O)c2ccc(F)c(-c3ncnc4cc(N5CCOCC5)cc(F)c34)c2)nn1. The second kappa shape index (κ2) is 9.67. The summed E-state index contributed by atoms with van der Waals surface area (Å²) in [7, 11) is 1.46. The number of fused-ring (bicyclic) bond motifs is 1. The van der Waals surface area contributed by atoms with Crippen LogP contribution in [0.2, 0.25) is 0 Å². The average Bonchev–Trinajstić information content (AvgIpc) is 2.90. The zero-order valence-electron chi connectivity index (χ0n) is 18.8. The Balaban J connectivity index is 1.58. The number of hydrogen-bond donors (Lipinski definition) is 0. The number of methoxy groups -OCH3 is 1. The van der Waals surface area contributed by atoms with Gasteiger partial charge in [0.2, 0.25) is 5.88 Å². The van der Waals surface area contributed by atoms with Crippen LogP contribution >= 0.6 is 0 Å². The zero-order valence-corrected chi connectivity index (χ0v) is 18.8. The minimum Gasteiger partial charge on any atom is -0.480 e. The fraction of sp³-hybridized carbons (Fsp3) is 0.240. The maximum Gasteiger partial charge on any atom is 0.233 e. The summed E-state index contributed by atoms with van der Waals surface area (Å²) >= 11 is 0. The topological polar surface area (TPSA) is 90.3 Å².